The molecule has 18 heavy (non-hydrogen) atoms. The molecule has 3 nitrogen and oxygen atoms in total. The zero-order valence-electron chi connectivity index (χ0n) is 12.2. The van der Waals surface area contributed by atoms with Gasteiger partial charge < -0.3 is 10.1 Å². The molecule has 1 aliphatic carbocycles. The first-order valence-electron chi connectivity index (χ1n) is 7.74. The molecule has 1 heterocycles. The first kappa shape index (κ1) is 14.3. The van der Waals surface area contributed by atoms with E-state index < -0.39 is 0 Å². The Morgan fingerprint density at radius 3 is 2.72 bits per heavy atom. The van der Waals surface area contributed by atoms with Crippen molar-refractivity contribution in [2.24, 2.45) is 0 Å². The summed E-state index contributed by atoms with van der Waals surface area (Å²) in [6.07, 6.45) is 9.45. The lowest BCUT2D eigenvalue weighted by molar-refractivity contribution is 0.0866. The van der Waals surface area contributed by atoms with E-state index >= 15 is 0 Å². The molecule has 0 aromatic rings. The molecule has 1 spiro atoms. The number of nitrogens with one attached hydrogen (secondary N) is 1. The number of methoxy groups -OCH3 is 1. The molecule has 1 atom stereocenters. The number of hydrogen-bond acceptors (Lipinski definition) is 3. The Bertz CT molecular complexity index is 239. The van der Waals surface area contributed by atoms with Crippen molar-refractivity contribution in [1.82, 2.24) is 10.2 Å². The van der Waals surface area contributed by atoms with Gasteiger partial charge in [-0.1, -0.05) is 12.8 Å². The SMILES string of the molecule is COCCCCCN1CC2(CCCC2)NCC1C. The standard InChI is InChI=1S/C15H30N2O/c1-14-12-16-15(8-4-5-9-15)13-17(14)10-6-3-7-11-18-2/h14,16H,3-13H2,1-2H3. The smallest absolute Gasteiger partial charge is 0.0462 e. The lowest BCUT2D eigenvalue weighted by atomic mass is 9.92. The molecule has 1 aliphatic heterocycles. The van der Waals surface area contributed by atoms with Gasteiger partial charge >= 0.3 is 0 Å². The molecule has 2 fully saturated rings. The van der Waals surface area contributed by atoms with E-state index in [1.54, 1.807) is 7.11 Å². The average molecular weight is 254 g/mol. The number of ether oxygens (including phenoxy) is 1. The van der Waals surface area contributed by atoms with Gasteiger partial charge in [0.25, 0.3) is 0 Å². The minimum atomic E-state index is 0.471. The first-order valence-corrected chi connectivity index (χ1v) is 7.74. The maximum Gasteiger partial charge on any atom is 0.0462 e. The lowest BCUT2D eigenvalue weighted by Crippen LogP contribution is -2.62. The predicted octanol–water partition coefficient (Wildman–Crippen LogP) is 2.41. The Labute approximate surface area is 112 Å². The van der Waals surface area contributed by atoms with Crippen LogP contribution in [0.25, 0.3) is 0 Å². The number of hydrogen-bond donors (Lipinski definition) is 1. The molecular formula is C15H30N2O. The van der Waals surface area contributed by atoms with Crippen molar-refractivity contribution in [3.8, 4) is 0 Å². The van der Waals surface area contributed by atoms with E-state index in [2.05, 4.69) is 17.1 Å². The Hall–Kier alpha value is -0.120. The monoisotopic (exact) mass is 254 g/mol. The average Bonchev–Trinajstić information content (AvgIpc) is 2.82. The topological polar surface area (TPSA) is 24.5 Å². The molecular weight excluding hydrogens is 224 g/mol. The van der Waals surface area contributed by atoms with E-state index in [1.165, 1.54) is 64.6 Å². The second-order valence-electron chi connectivity index (χ2n) is 6.24. The highest BCUT2D eigenvalue weighted by Crippen LogP contribution is 2.33. The molecule has 2 aliphatic rings. The molecule has 0 amide bonds. The van der Waals surface area contributed by atoms with Gasteiger partial charge in [-0.25, -0.2) is 0 Å². The minimum Gasteiger partial charge on any atom is -0.385 e. The number of unbranched alkanes of at least 4 members (excludes halogenated alkanes) is 2. The molecule has 0 aromatic heterocycles. The molecule has 1 unspecified atom stereocenters. The van der Waals surface area contributed by atoms with Gasteiger partial charge in [-0.2, -0.15) is 0 Å². The fraction of sp³-hybridized carbons (Fsp3) is 1.00. The van der Waals surface area contributed by atoms with E-state index in [9.17, 15) is 0 Å². The zero-order chi connectivity index (χ0) is 12.8. The second kappa shape index (κ2) is 6.88. The third kappa shape index (κ3) is 3.69. The summed E-state index contributed by atoms with van der Waals surface area (Å²) in [6.45, 7) is 7.01. The summed E-state index contributed by atoms with van der Waals surface area (Å²) in [6, 6.07) is 0.707. The summed E-state index contributed by atoms with van der Waals surface area (Å²) in [4.78, 5) is 2.72. The van der Waals surface area contributed by atoms with Crippen LogP contribution in [0, 0.1) is 0 Å². The predicted molar refractivity (Wildman–Crippen MR) is 76.0 cm³/mol. The van der Waals surface area contributed by atoms with Crippen molar-refractivity contribution in [2.45, 2.75) is 63.5 Å². The largest absolute Gasteiger partial charge is 0.385 e. The van der Waals surface area contributed by atoms with Crippen LogP contribution in [0.4, 0.5) is 0 Å². The molecule has 0 bridgehead atoms. The van der Waals surface area contributed by atoms with Crippen LogP contribution in [-0.2, 0) is 4.74 Å². The Balaban J connectivity index is 1.72. The van der Waals surface area contributed by atoms with E-state index in [0.717, 1.165) is 6.61 Å². The summed E-state index contributed by atoms with van der Waals surface area (Å²) >= 11 is 0. The maximum atomic E-state index is 5.11. The highest BCUT2D eigenvalue weighted by atomic mass is 16.5. The van der Waals surface area contributed by atoms with Crippen LogP contribution in [0.15, 0.2) is 0 Å². The van der Waals surface area contributed by atoms with Crippen molar-refractivity contribution < 1.29 is 4.74 Å². The molecule has 106 valence electrons. The van der Waals surface area contributed by atoms with Crippen molar-refractivity contribution in [1.29, 1.82) is 0 Å². The fourth-order valence-electron chi connectivity index (χ4n) is 3.52. The maximum absolute atomic E-state index is 5.11. The number of nitrogens with zero attached hydrogens (tertiary/aromatic N) is 1. The summed E-state index contributed by atoms with van der Waals surface area (Å²) in [5.41, 5.74) is 0.471. The molecule has 0 aromatic carbocycles. The van der Waals surface area contributed by atoms with E-state index in [-0.39, 0.29) is 0 Å². The zero-order valence-corrected chi connectivity index (χ0v) is 12.2. The first-order chi connectivity index (χ1) is 8.76. The van der Waals surface area contributed by atoms with Crippen LogP contribution < -0.4 is 5.32 Å². The quantitative estimate of drug-likeness (QED) is 0.737. The third-order valence-corrected chi connectivity index (χ3v) is 4.76. The van der Waals surface area contributed by atoms with Gasteiger partial charge in [0.15, 0.2) is 0 Å². The molecule has 1 saturated carbocycles. The van der Waals surface area contributed by atoms with Crippen LogP contribution in [0.3, 0.4) is 0 Å². The minimum absolute atomic E-state index is 0.471. The van der Waals surface area contributed by atoms with Crippen LogP contribution in [0.5, 0.6) is 0 Å². The highest BCUT2D eigenvalue weighted by molar-refractivity contribution is 5.00. The molecule has 3 heteroatoms. The summed E-state index contributed by atoms with van der Waals surface area (Å²) < 4.78 is 5.11. The van der Waals surface area contributed by atoms with Crippen molar-refractivity contribution >= 4 is 0 Å². The van der Waals surface area contributed by atoms with Crippen molar-refractivity contribution in [3.63, 3.8) is 0 Å². The van der Waals surface area contributed by atoms with Gasteiger partial charge in [0.05, 0.1) is 0 Å². The highest BCUT2D eigenvalue weighted by Gasteiger charge is 2.39. The molecule has 1 N–H and O–H groups in total. The fourth-order valence-corrected chi connectivity index (χ4v) is 3.52. The Morgan fingerprint density at radius 1 is 1.22 bits per heavy atom. The van der Waals surface area contributed by atoms with Gasteiger partial charge in [-0.3, -0.25) is 4.90 Å². The van der Waals surface area contributed by atoms with E-state index in [4.69, 9.17) is 4.74 Å². The van der Waals surface area contributed by atoms with E-state index in [0.29, 0.717) is 11.6 Å². The Kier molecular flexibility index (Phi) is 5.46. The van der Waals surface area contributed by atoms with Gasteiger partial charge in [0, 0.05) is 38.4 Å². The molecule has 0 radical (unpaired) electrons. The van der Waals surface area contributed by atoms with Crippen LogP contribution in [-0.4, -0.2) is 49.8 Å². The van der Waals surface area contributed by atoms with Gasteiger partial charge in [0.2, 0.25) is 0 Å². The van der Waals surface area contributed by atoms with Gasteiger partial charge in [-0.15, -0.1) is 0 Å². The van der Waals surface area contributed by atoms with Gasteiger partial charge in [-0.05, 0) is 45.6 Å². The summed E-state index contributed by atoms with van der Waals surface area (Å²) in [5.74, 6) is 0. The van der Waals surface area contributed by atoms with Crippen LogP contribution in [0.1, 0.15) is 51.9 Å². The normalized spacial score (nSPS) is 28.0. The number of piperazine rings is 1. The van der Waals surface area contributed by atoms with Crippen LogP contribution in [0.2, 0.25) is 0 Å². The summed E-state index contributed by atoms with van der Waals surface area (Å²) in [7, 11) is 1.79. The van der Waals surface area contributed by atoms with E-state index in [1.807, 2.05) is 0 Å². The Morgan fingerprint density at radius 2 is 2.00 bits per heavy atom. The van der Waals surface area contributed by atoms with Crippen molar-refractivity contribution in [3.05, 3.63) is 0 Å². The molecule has 1 saturated heterocycles. The lowest BCUT2D eigenvalue weighted by Gasteiger charge is -2.45. The second-order valence-corrected chi connectivity index (χ2v) is 6.24. The third-order valence-electron chi connectivity index (χ3n) is 4.76. The summed E-state index contributed by atoms with van der Waals surface area (Å²) in [5, 5.41) is 3.82. The molecule has 2 rings (SSSR count). The van der Waals surface area contributed by atoms with Gasteiger partial charge in [0.1, 0.15) is 0 Å². The van der Waals surface area contributed by atoms with Crippen LogP contribution >= 0.6 is 0 Å². The number of rotatable bonds is 6. The van der Waals surface area contributed by atoms with Crippen molar-refractivity contribution in [2.75, 3.05) is 33.4 Å².